The van der Waals surface area contributed by atoms with Crippen LogP contribution in [0.2, 0.25) is 5.02 Å². The minimum absolute atomic E-state index is 0.0307. The molecule has 2 atom stereocenters. The van der Waals surface area contributed by atoms with Crippen LogP contribution in [0.4, 0.5) is 5.82 Å². The molecule has 1 aliphatic rings. The Bertz CT molecular complexity index is 973. The van der Waals surface area contributed by atoms with Gasteiger partial charge in [-0.1, -0.05) is 29.8 Å². The van der Waals surface area contributed by atoms with Gasteiger partial charge in [-0.3, -0.25) is 4.79 Å². The van der Waals surface area contributed by atoms with Crippen LogP contribution in [0.15, 0.2) is 54.3 Å². The zero-order valence-corrected chi connectivity index (χ0v) is 15.2. The van der Waals surface area contributed by atoms with Crippen LogP contribution >= 0.6 is 23.4 Å². The van der Waals surface area contributed by atoms with Gasteiger partial charge < -0.3 is 15.6 Å². The first kappa shape index (κ1) is 16.9. The molecular formula is C18H16ClN5OS. The number of benzene rings is 1. The highest BCUT2D eigenvalue weighted by Crippen LogP contribution is 2.29. The molecule has 0 bridgehead atoms. The molecule has 2 unspecified atom stereocenters. The molecule has 3 aromatic rings. The fourth-order valence-electron chi connectivity index (χ4n) is 2.83. The first-order valence-corrected chi connectivity index (χ1v) is 9.42. The van der Waals surface area contributed by atoms with Crippen LogP contribution < -0.4 is 10.6 Å². The van der Waals surface area contributed by atoms with E-state index in [2.05, 4.69) is 25.6 Å². The molecular weight excluding hydrogens is 370 g/mol. The Kier molecular flexibility index (Phi) is 4.81. The summed E-state index contributed by atoms with van der Waals surface area (Å²) < 4.78 is 0. The van der Waals surface area contributed by atoms with Crippen LogP contribution in [-0.4, -0.2) is 32.2 Å². The SMILES string of the molecule is O=C(NCc1cccc(Cl)c1)C1SC=CC1Nc1ncnc2[nH]ccc12. The predicted molar refractivity (Wildman–Crippen MR) is 105 cm³/mol. The number of amides is 1. The lowest BCUT2D eigenvalue weighted by Gasteiger charge is -2.20. The maximum Gasteiger partial charge on any atom is 0.236 e. The van der Waals surface area contributed by atoms with Crippen LogP contribution in [0.1, 0.15) is 5.56 Å². The summed E-state index contributed by atoms with van der Waals surface area (Å²) in [5.74, 6) is 0.679. The van der Waals surface area contributed by atoms with Gasteiger partial charge in [-0.05, 0) is 29.2 Å². The molecule has 0 saturated carbocycles. The Hall–Kier alpha value is -2.51. The van der Waals surface area contributed by atoms with E-state index in [0.29, 0.717) is 17.4 Å². The quantitative estimate of drug-likeness (QED) is 0.627. The minimum Gasteiger partial charge on any atom is -0.362 e. The van der Waals surface area contributed by atoms with Gasteiger partial charge in [0.25, 0.3) is 0 Å². The van der Waals surface area contributed by atoms with Gasteiger partial charge in [0.05, 0.1) is 11.4 Å². The van der Waals surface area contributed by atoms with Gasteiger partial charge in [0.1, 0.15) is 23.0 Å². The lowest BCUT2D eigenvalue weighted by molar-refractivity contribution is -0.120. The van der Waals surface area contributed by atoms with Crippen molar-refractivity contribution in [2.24, 2.45) is 0 Å². The Morgan fingerprint density at radius 1 is 1.31 bits per heavy atom. The third-order valence-electron chi connectivity index (χ3n) is 4.11. The summed E-state index contributed by atoms with van der Waals surface area (Å²) in [6, 6.07) is 9.24. The van der Waals surface area contributed by atoms with Gasteiger partial charge in [-0.25, -0.2) is 9.97 Å². The van der Waals surface area contributed by atoms with Crippen molar-refractivity contribution in [3.63, 3.8) is 0 Å². The fourth-order valence-corrected chi connectivity index (χ4v) is 4.01. The number of aromatic amines is 1. The van der Waals surface area contributed by atoms with Gasteiger partial charge in [0.2, 0.25) is 5.91 Å². The molecule has 2 aromatic heterocycles. The molecule has 3 heterocycles. The minimum atomic E-state index is -0.266. The monoisotopic (exact) mass is 385 g/mol. The standard InChI is InChI=1S/C18H16ClN5OS/c19-12-3-1-2-11(8-12)9-21-18(25)15-14(5-7-26-15)24-17-13-4-6-20-16(13)22-10-23-17/h1-8,10,14-15H,9H2,(H,21,25)(H2,20,22,23,24). The first-order chi connectivity index (χ1) is 12.7. The smallest absolute Gasteiger partial charge is 0.236 e. The zero-order valence-electron chi connectivity index (χ0n) is 13.6. The summed E-state index contributed by atoms with van der Waals surface area (Å²) in [7, 11) is 0. The molecule has 0 saturated heterocycles. The molecule has 0 aliphatic carbocycles. The second kappa shape index (κ2) is 7.39. The van der Waals surface area contributed by atoms with Gasteiger partial charge in [0.15, 0.2) is 0 Å². The third-order valence-corrected chi connectivity index (χ3v) is 5.46. The highest BCUT2D eigenvalue weighted by Gasteiger charge is 2.30. The molecule has 0 radical (unpaired) electrons. The Morgan fingerprint density at radius 3 is 3.12 bits per heavy atom. The first-order valence-electron chi connectivity index (χ1n) is 8.09. The van der Waals surface area contributed by atoms with Crippen LogP contribution in [0.3, 0.4) is 0 Å². The van der Waals surface area contributed by atoms with Gasteiger partial charge >= 0.3 is 0 Å². The number of carbonyl (C=O) groups excluding carboxylic acids is 1. The molecule has 1 amide bonds. The molecule has 8 heteroatoms. The number of nitrogens with one attached hydrogen (secondary N) is 3. The molecule has 26 heavy (non-hydrogen) atoms. The molecule has 0 spiro atoms. The Morgan fingerprint density at radius 2 is 2.23 bits per heavy atom. The number of hydrogen-bond donors (Lipinski definition) is 3. The van der Waals surface area contributed by atoms with Crippen LogP contribution in [-0.2, 0) is 11.3 Å². The van der Waals surface area contributed by atoms with E-state index >= 15 is 0 Å². The number of aromatic nitrogens is 3. The number of rotatable bonds is 5. The van der Waals surface area contributed by atoms with E-state index in [-0.39, 0.29) is 17.2 Å². The third kappa shape index (κ3) is 3.54. The number of thioether (sulfide) groups is 1. The average molecular weight is 386 g/mol. The summed E-state index contributed by atoms with van der Waals surface area (Å²) in [5.41, 5.74) is 1.73. The maximum absolute atomic E-state index is 12.6. The van der Waals surface area contributed by atoms with Crippen molar-refractivity contribution in [1.29, 1.82) is 0 Å². The van der Waals surface area contributed by atoms with Crippen molar-refractivity contribution < 1.29 is 4.79 Å². The molecule has 6 nitrogen and oxygen atoms in total. The lowest BCUT2D eigenvalue weighted by atomic mass is 10.1. The number of H-pyrrole nitrogens is 1. The molecule has 1 aromatic carbocycles. The second-order valence-electron chi connectivity index (χ2n) is 5.87. The van der Waals surface area contributed by atoms with E-state index < -0.39 is 0 Å². The van der Waals surface area contributed by atoms with Crippen molar-refractivity contribution in [2.45, 2.75) is 17.8 Å². The molecule has 1 aliphatic heterocycles. The van der Waals surface area contributed by atoms with Crippen molar-refractivity contribution in [2.75, 3.05) is 5.32 Å². The van der Waals surface area contributed by atoms with Crippen LogP contribution in [0, 0.1) is 0 Å². The number of carbonyl (C=O) groups is 1. The highest BCUT2D eigenvalue weighted by molar-refractivity contribution is 8.03. The number of nitrogens with zero attached hydrogens (tertiary/aromatic N) is 2. The number of fused-ring (bicyclic) bond motifs is 1. The summed E-state index contributed by atoms with van der Waals surface area (Å²) in [6.45, 7) is 0.443. The number of anilines is 1. The van der Waals surface area contributed by atoms with E-state index in [1.807, 2.05) is 48.0 Å². The molecule has 3 N–H and O–H groups in total. The van der Waals surface area contributed by atoms with Gasteiger partial charge in [0, 0.05) is 17.8 Å². The van der Waals surface area contributed by atoms with Crippen molar-refractivity contribution in [1.82, 2.24) is 20.3 Å². The van der Waals surface area contributed by atoms with E-state index in [1.165, 1.54) is 18.1 Å². The number of halogens is 1. The summed E-state index contributed by atoms with van der Waals surface area (Å²) in [4.78, 5) is 24.2. The van der Waals surface area contributed by atoms with Gasteiger partial charge in [-0.15, -0.1) is 11.8 Å². The summed E-state index contributed by atoms with van der Waals surface area (Å²) in [6.07, 6.45) is 5.30. The molecule has 4 rings (SSSR count). The van der Waals surface area contributed by atoms with Gasteiger partial charge in [-0.2, -0.15) is 0 Å². The van der Waals surface area contributed by atoms with Crippen molar-refractivity contribution >= 4 is 46.1 Å². The highest BCUT2D eigenvalue weighted by atomic mass is 35.5. The summed E-state index contributed by atoms with van der Waals surface area (Å²) >= 11 is 7.48. The van der Waals surface area contributed by atoms with Crippen LogP contribution in [0.25, 0.3) is 11.0 Å². The largest absolute Gasteiger partial charge is 0.362 e. The van der Waals surface area contributed by atoms with Crippen molar-refractivity contribution in [3.8, 4) is 0 Å². The van der Waals surface area contributed by atoms with Crippen LogP contribution in [0.5, 0.6) is 0 Å². The van der Waals surface area contributed by atoms with E-state index in [9.17, 15) is 4.79 Å². The van der Waals surface area contributed by atoms with E-state index in [1.54, 1.807) is 0 Å². The topological polar surface area (TPSA) is 82.7 Å². The second-order valence-corrected chi connectivity index (χ2v) is 7.35. The molecule has 0 fully saturated rings. The fraction of sp³-hybridized carbons (Fsp3) is 0.167. The normalized spacial score (nSPS) is 19.0. The average Bonchev–Trinajstić information content (AvgIpc) is 3.29. The predicted octanol–water partition coefficient (Wildman–Crippen LogP) is 3.34. The lowest BCUT2D eigenvalue weighted by Crippen LogP contribution is -2.40. The number of hydrogen-bond acceptors (Lipinski definition) is 5. The Labute approximate surface area is 159 Å². The van der Waals surface area contributed by atoms with E-state index in [4.69, 9.17) is 11.6 Å². The maximum atomic E-state index is 12.6. The summed E-state index contributed by atoms with van der Waals surface area (Å²) in [5, 5.41) is 9.56. The molecule has 132 valence electrons. The van der Waals surface area contributed by atoms with E-state index in [0.717, 1.165) is 16.6 Å². The van der Waals surface area contributed by atoms with Crippen molar-refractivity contribution in [3.05, 3.63) is 64.9 Å². The zero-order chi connectivity index (χ0) is 17.9. The Balaban J connectivity index is 1.43.